The van der Waals surface area contributed by atoms with E-state index < -0.39 is 0 Å². The molecule has 1 aromatic carbocycles. The minimum absolute atomic E-state index is 0.568. The van der Waals surface area contributed by atoms with Gasteiger partial charge in [0, 0.05) is 56.7 Å². The first-order valence-corrected chi connectivity index (χ1v) is 8.44. The van der Waals surface area contributed by atoms with E-state index in [1.54, 1.807) is 0 Å². The van der Waals surface area contributed by atoms with E-state index in [9.17, 15) is 0 Å². The second kappa shape index (κ2) is 8.13. The number of aryl methyl sites for hydroxylation is 1. The van der Waals surface area contributed by atoms with Crippen LogP contribution in [0.5, 0.6) is 5.75 Å². The van der Waals surface area contributed by atoms with E-state index >= 15 is 0 Å². The molecular weight excluding hydrogens is 288 g/mol. The van der Waals surface area contributed by atoms with Gasteiger partial charge >= 0.3 is 0 Å². The summed E-state index contributed by atoms with van der Waals surface area (Å²) < 4.78 is 8.12. The van der Waals surface area contributed by atoms with Crippen molar-refractivity contribution in [2.24, 2.45) is 0 Å². The Hall–Kier alpha value is -1.85. The maximum atomic E-state index is 6.04. The Morgan fingerprint density at radius 2 is 2.26 bits per heavy atom. The number of piperazine rings is 1. The summed E-state index contributed by atoms with van der Waals surface area (Å²) in [6, 6.07) is 8.98. The Labute approximate surface area is 138 Å². The van der Waals surface area contributed by atoms with E-state index in [4.69, 9.17) is 4.74 Å². The summed E-state index contributed by atoms with van der Waals surface area (Å²) in [6.45, 7) is 8.13. The van der Waals surface area contributed by atoms with Gasteiger partial charge in [0.2, 0.25) is 0 Å². The van der Waals surface area contributed by atoms with Crippen molar-refractivity contribution in [2.45, 2.75) is 32.5 Å². The van der Waals surface area contributed by atoms with Crippen LogP contribution in [-0.2, 0) is 13.1 Å². The first-order valence-electron chi connectivity index (χ1n) is 8.44. The number of hydrogen-bond acceptors (Lipinski definition) is 4. The Morgan fingerprint density at radius 1 is 1.35 bits per heavy atom. The maximum absolute atomic E-state index is 6.04. The lowest BCUT2D eigenvalue weighted by atomic mass is 10.1. The number of hydrogen-bond donors (Lipinski definition) is 1. The minimum Gasteiger partial charge on any atom is -0.493 e. The summed E-state index contributed by atoms with van der Waals surface area (Å²) in [4.78, 5) is 6.57. The zero-order valence-corrected chi connectivity index (χ0v) is 13.8. The van der Waals surface area contributed by atoms with Crippen LogP contribution in [-0.4, -0.2) is 46.7 Å². The van der Waals surface area contributed by atoms with E-state index in [1.165, 1.54) is 5.56 Å². The molecule has 2 heterocycles. The smallest absolute Gasteiger partial charge is 0.123 e. The number of aromatic nitrogens is 2. The van der Waals surface area contributed by atoms with E-state index in [0.29, 0.717) is 6.04 Å². The second-order valence-electron chi connectivity index (χ2n) is 6.13. The maximum Gasteiger partial charge on any atom is 0.123 e. The number of nitrogens with zero attached hydrogens (tertiary/aromatic N) is 3. The van der Waals surface area contributed by atoms with Crippen LogP contribution in [0.3, 0.4) is 0 Å². The van der Waals surface area contributed by atoms with Crippen molar-refractivity contribution in [3.63, 3.8) is 0 Å². The van der Waals surface area contributed by atoms with Gasteiger partial charge in [-0.3, -0.25) is 4.90 Å². The van der Waals surface area contributed by atoms with Crippen LogP contribution in [0.2, 0.25) is 0 Å². The zero-order chi connectivity index (χ0) is 15.9. The molecule has 0 spiro atoms. The fourth-order valence-corrected chi connectivity index (χ4v) is 2.96. The highest BCUT2D eigenvalue weighted by Crippen LogP contribution is 2.21. The lowest BCUT2D eigenvalue weighted by Crippen LogP contribution is -2.49. The number of imidazole rings is 1. The SMILES string of the molecule is C[C@@H]1CNCCN1Cc1ccccc1OCCCn1ccnc1. The van der Waals surface area contributed by atoms with E-state index in [0.717, 1.165) is 51.5 Å². The van der Waals surface area contributed by atoms with Crippen LogP contribution < -0.4 is 10.1 Å². The molecule has 5 nitrogen and oxygen atoms in total. The normalized spacial score (nSPS) is 18.9. The van der Waals surface area contributed by atoms with Crippen LogP contribution in [0.25, 0.3) is 0 Å². The summed E-state index contributed by atoms with van der Waals surface area (Å²) in [5.41, 5.74) is 1.28. The molecule has 1 aromatic heterocycles. The fourth-order valence-electron chi connectivity index (χ4n) is 2.96. The molecule has 0 amide bonds. The van der Waals surface area contributed by atoms with Gasteiger partial charge in [-0.2, -0.15) is 0 Å². The van der Waals surface area contributed by atoms with Crippen LogP contribution in [0.15, 0.2) is 43.0 Å². The summed E-state index contributed by atoms with van der Waals surface area (Å²) in [6.07, 6.45) is 6.62. The lowest BCUT2D eigenvalue weighted by molar-refractivity contribution is 0.163. The van der Waals surface area contributed by atoms with Gasteiger partial charge in [-0.05, 0) is 19.4 Å². The van der Waals surface area contributed by atoms with Gasteiger partial charge < -0.3 is 14.6 Å². The zero-order valence-electron chi connectivity index (χ0n) is 13.8. The molecule has 0 radical (unpaired) electrons. The molecule has 5 heteroatoms. The minimum atomic E-state index is 0.568. The molecule has 1 aliphatic rings. The largest absolute Gasteiger partial charge is 0.493 e. The summed E-state index contributed by atoms with van der Waals surface area (Å²) in [5.74, 6) is 1.02. The first-order chi connectivity index (χ1) is 11.3. The van der Waals surface area contributed by atoms with Crippen molar-refractivity contribution >= 4 is 0 Å². The molecule has 1 fully saturated rings. The highest BCUT2D eigenvalue weighted by atomic mass is 16.5. The molecule has 1 aliphatic heterocycles. The molecule has 1 N–H and O–H groups in total. The molecule has 2 aromatic rings. The predicted molar refractivity (Wildman–Crippen MR) is 91.5 cm³/mol. The van der Waals surface area contributed by atoms with Gasteiger partial charge in [0.25, 0.3) is 0 Å². The summed E-state index contributed by atoms with van der Waals surface area (Å²) in [7, 11) is 0. The van der Waals surface area contributed by atoms with Crippen molar-refractivity contribution in [3.05, 3.63) is 48.5 Å². The average Bonchev–Trinajstić information content (AvgIpc) is 3.08. The topological polar surface area (TPSA) is 42.3 Å². The van der Waals surface area contributed by atoms with Crippen molar-refractivity contribution in [1.29, 1.82) is 0 Å². The lowest BCUT2D eigenvalue weighted by Gasteiger charge is -2.34. The van der Waals surface area contributed by atoms with Gasteiger partial charge in [-0.25, -0.2) is 4.98 Å². The Kier molecular flexibility index (Phi) is 5.66. The molecule has 0 saturated carbocycles. The van der Waals surface area contributed by atoms with Gasteiger partial charge in [0.1, 0.15) is 5.75 Å². The van der Waals surface area contributed by atoms with Gasteiger partial charge in [0.05, 0.1) is 12.9 Å². The highest BCUT2D eigenvalue weighted by molar-refractivity contribution is 5.33. The Balaban J connectivity index is 1.52. The fraction of sp³-hybridized carbons (Fsp3) is 0.500. The molecule has 1 atom stereocenters. The molecule has 1 saturated heterocycles. The summed E-state index contributed by atoms with van der Waals surface area (Å²) in [5, 5.41) is 3.44. The number of ether oxygens (including phenoxy) is 1. The predicted octanol–water partition coefficient (Wildman–Crippen LogP) is 2.15. The molecule has 0 bridgehead atoms. The molecular formula is C18H26N4O. The van der Waals surface area contributed by atoms with Crippen LogP contribution in [0.1, 0.15) is 18.9 Å². The standard InChI is InChI=1S/C18H26N4O/c1-16-13-19-8-11-22(16)14-17-5-2-3-6-18(17)23-12-4-9-21-10-7-20-15-21/h2-3,5-7,10,15-16,19H,4,8-9,11-14H2,1H3/t16-/m1/s1. The molecule has 0 aliphatic carbocycles. The molecule has 23 heavy (non-hydrogen) atoms. The van der Waals surface area contributed by atoms with Crippen LogP contribution >= 0.6 is 0 Å². The van der Waals surface area contributed by atoms with Crippen molar-refractivity contribution < 1.29 is 4.74 Å². The van der Waals surface area contributed by atoms with Crippen molar-refractivity contribution in [2.75, 3.05) is 26.2 Å². The molecule has 0 unspecified atom stereocenters. The van der Waals surface area contributed by atoms with E-state index in [1.807, 2.05) is 18.7 Å². The quantitative estimate of drug-likeness (QED) is 0.795. The van der Waals surface area contributed by atoms with E-state index in [-0.39, 0.29) is 0 Å². The number of para-hydroxylation sites is 1. The third kappa shape index (κ3) is 4.56. The van der Waals surface area contributed by atoms with Gasteiger partial charge in [-0.15, -0.1) is 0 Å². The number of nitrogens with one attached hydrogen (secondary N) is 1. The van der Waals surface area contributed by atoms with Crippen LogP contribution in [0, 0.1) is 0 Å². The monoisotopic (exact) mass is 314 g/mol. The van der Waals surface area contributed by atoms with E-state index in [2.05, 4.69) is 51.0 Å². The number of rotatable bonds is 7. The third-order valence-electron chi connectivity index (χ3n) is 4.36. The molecule has 3 rings (SSSR count). The summed E-state index contributed by atoms with van der Waals surface area (Å²) >= 11 is 0. The second-order valence-corrected chi connectivity index (χ2v) is 6.13. The van der Waals surface area contributed by atoms with Crippen LogP contribution in [0.4, 0.5) is 0 Å². The number of benzene rings is 1. The first kappa shape index (κ1) is 16.0. The Morgan fingerprint density at radius 3 is 3.09 bits per heavy atom. The van der Waals surface area contributed by atoms with Gasteiger partial charge in [0.15, 0.2) is 0 Å². The van der Waals surface area contributed by atoms with Crippen molar-refractivity contribution in [1.82, 2.24) is 19.8 Å². The Bertz CT molecular complexity index is 584. The third-order valence-corrected chi connectivity index (χ3v) is 4.36. The highest BCUT2D eigenvalue weighted by Gasteiger charge is 2.19. The van der Waals surface area contributed by atoms with Gasteiger partial charge in [-0.1, -0.05) is 18.2 Å². The molecule has 124 valence electrons. The van der Waals surface area contributed by atoms with Crippen molar-refractivity contribution in [3.8, 4) is 5.75 Å². The average molecular weight is 314 g/mol.